The monoisotopic (exact) mass is 650 g/mol. The number of nitro benzene ring substituents is 2. The topological polar surface area (TPSA) is 219 Å². The molecule has 0 spiro atoms. The van der Waals surface area contributed by atoms with Gasteiger partial charge in [0, 0.05) is 45.3 Å². The van der Waals surface area contributed by atoms with E-state index in [2.05, 4.69) is 37.2 Å². The molecule has 2 aromatic carbocycles. The summed E-state index contributed by atoms with van der Waals surface area (Å²) >= 11 is 5.87. The van der Waals surface area contributed by atoms with Crippen molar-refractivity contribution < 1.29 is 34.8 Å². The van der Waals surface area contributed by atoms with E-state index < -0.39 is 32.9 Å². The summed E-state index contributed by atoms with van der Waals surface area (Å²) in [6, 6.07) is 8.73. The molecule has 0 saturated heterocycles. The highest BCUT2D eigenvalue weighted by atomic mass is 79.9. The first-order chi connectivity index (χ1) is 16.9. The fourth-order valence-corrected chi connectivity index (χ4v) is 2.70. The van der Waals surface area contributed by atoms with Crippen molar-refractivity contribution in [1.82, 2.24) is 0 Å². The normalized spacial score (nSPS) is 13.3. The van der Waals surface area contributed by atoms with E-state index in [1.54, 1.807) is 19.9 Å². The third-order valence-electron chi connectivity index (χ3n) is 4.54. The second kappa shape index (κ2) is 14.6. The van der Waals surface area contributed by atoms with Gasteiger partial charge < -0.3 is 26.4 Å². The summed E-state index contributed by atoms with van der Waals surface area (Å²) in [5.41, 5.74) is 4.33. The van der Waals surface area contributed by atoms with Crippen molar-refractivity contribution in [1.29, 1.82) is 0 Å². The number of alkyl halides is 2. The fraction of sp³-hybridized carbons (Fsp3) is 0.364. The molecule has 6 N–H and O–H groups in total. The van der Waals surface area contributed by atoms with E-state index in [0.29, 0.717) is 22.5 Å². The van der Waals surface area contributed by atoms with Gasteiger partial charge in [0.2, 0.25) is 0 Å². The van der Waals surface area contributed by atoms with Crippen LogP contribution in [0.3, 0.4) is 0 Å². The molecule has 0 aliphatic carbocycles. The quantitative estimate of drug-likeness (QED) is 0.126. The number of nitro groups is 2. The molecule has 1 amide bonds. The number of nitrogens with two attached hydrogens (primary N) is 1. The number of aryl methyl sites for hydroxylation is 2. The van der Waals surface area contributed by atoms with Gasteiger partial charge in [-0.15, -0.1) is 0 Å². The Bertz CT molecular complexity index is 1140. The molecule has 0 heterocycles. The van der Waals surface area contributed by atoms with Crippen LogP contribution in [0.2, 0.25) is 0 Å². The van der Waals surface area contributed by atoms with Crippen molar-refractivity contribution in [3.63, 3.8) is 0 Å². The smallest absolute Gasteiger partial charge is 0.336 e. The molecule has 0 aromatic heterocycles. The molecule has 2 aromatic rings. The second-order valence-corrected chi connectivity index (χ2v) is 9.26. The summed E-state index contributed by atoms with van der Waals surface area (Å²) in [5.74, 6) is -1.79. The molecular weight excluding hydrogens is 624 g/mol. The predicted molar refractivity (Wildman–Crippen MR) is 145 cm³/mol. The number of carboxylic acid groups (broad SMARTS) is 1. The number of hydrogen-bond acceptors (Lipinski definition) is 9. The number of aliphatic carboxylic acids is 1. The Kier molecular flexibility index (Phi) is 13.3. The van der Waals surface area contributed by atoms with Crippen molar-refractivity contribution in [2.75, 3.05) is 21.7 Å². The van der Waals surface area contributed by atoms with Crippen molar-refractivity contribution in [3.05, 3.63) is 67.8 Å². The predicted octanol–water partition coefficient (Wildman–Crippen LogP) is 3.69. The molecule has 2 atom stereocenters. The molecule has 2 rings (SSSR count). The number of carboxylic acids is 1. The third kappa shape index (κ3) is 11.2. The summed E-state index contributed by atoms with van der Waals surface area (Å²) in [6.07, 6.45) is 0. The Hall–Kier alpha value is -3.14. The summed E-state index contributed by atoms with van der Waals surface area (Å²) in [4.78, 5) is 41.7. The summed E-state index contributed by atoms with van der Waals surface area (Å²) in [5, 5.41) is 50.2. The number of hydrogen-bond donors (Lipinski definition) is 5. The number of nitrogen functional groups attached to an aromatic ring is 1. The highest BCUT2D eigenvalue weighted by Crippen LogP contribution is 2.22. The number of nitrogens with one attached hydrogen (secondary N) is 1. The Morgan fingerprint density at radius 1 is 0.919 bits per heavy atom. The first-order valence-electron chi connectivity index (χ1n) is 10.3. The van der Waals surface area contributed by atoms with Crippen LogP contribution in [0.25, 0.3) is 0 Å². The molecule has 0 aliphatic rings. The van der Waals surface area contributed by atoms with Crippen molar-refractivity contribution in [2.45, 2.75) is 38.9 Å². The number of carbonyl (C=O) groups is 2. The number of nitrogens with zero attached hydrogens (tertiary/aromatic N) is 2. The number of anilines is 2. The third-order valence-corrected chi connectivity index (χ3v) is 6.72. The van der Waals surface area contributed by atoms with Crippen molar-refractivity contribution >= 4 is 66.5 Å². The van der Waals surface area contributed by atoms with Gasteiger partial charge in [-0.05, 0) is 52.0 Å². The number of amides is 1. The molecule has 13 nitrogen and oxygen atoms in total. The van der Waals surface area contributed by atoms with Crippen LogP contribution in [-0.4, -0.2) is 58.9 Å². The average Bonchev–Trinajstić information content (AvgIpc) is 2.79. The minimum atomic E-state index is -1.62. The van der Waals surface area contributed by atoms with Gasteiger partial charge in [-0.2, -0.15) is 0 Å². The van der Waals surface area contributed by atoms with Gasteiger partial charge in [0.05, 0.1) is 9.85 Å². The summed E-state index contributed by atoms with van der Waals surface area (Å²) in [6.45, 7) is 5.84. The van der Waals surface area contributed by atoms with Crippen LogP contribution in [0.5, 0.6) is 0 Å². The van der Waals surface area contributed by atoms with Gasteiger partial charge >= 0.3 is 5.97 Å². The lowest BCUT2D eigenvalue weighted by Gasteiger charge is -2.19. The number of aliphatic hydroxyl groups is 2. The van der Waals surface area contributed by atoms with E-state index in [4.69, 9.17) is 15.9 Å². The van der Waals surface area contributed by atoms with Crippen LogP contribution >= 0.6 is 31.9 Å². The molecule has 204 valence electrons. The van der Waals surface area contributed by atoms with Crippen LogP contribution in [0.15, 0.2) is 36.4 Å². The van der Waals surface area contributed by atoms with Crippen molar-refractivity contribution in [3.8, 4) is 0 Å². The number of halogens is 2. The van der Waals surface area contributed by atoms with E-state index in [-0.39, 0.29) is 22.0 Å². The second-order valence-electron chi connectivity index (χ2n) is 8.14. The van der Waals surface area contributed by atoms with E-state index >= 15 is 0 Å². The molecule has 15 heteroatoms. The minimum Gasteiger partial charge on any atom is -0.479 e. The maximum Gasteiger partial charge on any atom is 0.336 e. The molecule has 0 bridgehead atoms. The highest BCUT2D eigenvalue weighted by molar-refractivity contribution is 9.09. The maximum absolute atomic E-state index is 11.7. The fourth-order valence-electron chi connectivity index (χ4n) is 2.21. The Morgan fingerprint density at radius 2 is 1.35 bits per heavy atom. The maximum atomic E-state index is 11.7. The minimum absolute atomic E-state index is 0.0137. The van der Waals surface area contributed by atoms with E-state index in [9.17, 15) is 34.9 Å². The first kappa shape index (κ1) is 33.9. The lowest BCUT2D eigenvalue weighted by atomic mass is 10.1. The van der Waals surface area contributed by atoms with E-state index in [1.807, 2.05) is 0 Å². The molecule has 0 radical (unpaired) electrons. The van der Waals surface area contributed by atoms with Gasteiger partial charge in [-0.3, -0.25) is 25.0 Å². The molecule has 37 heavy (non-hydrogen) atoms. The molecule has 0 aliphatic heterocycles. The SMILES string of the molecule is C[C@](O)(CBr)C(=O)O.Cc1cc(N)ccc1[N+](=O)[O-].Cc1cc(NC(=O)[C@@](C)(O)CBr)ccc1[N+](=O)[O-]. The lowest BCUT2D eigenvalue weighted by Crippen LogP contribution is -2.41. The molecule has 0 fully saturated rings. The van der Waals surface area contributed by atoms with Crippen LogP contribution in [0.4, 0.5) is 22.7 Å². The summed E-state index contributed by atoms with van der Waals surface area (Å²) in [7, 11) is 0. The van der Waals surface area contributed by atoms with Crippen LogP contribution in [0.1, 0.15) is 25.0 Å². The number of rotatable bonds is 7. The standard InChI is InChI=1S/C11H13BrN2O4.C7H8N2O2.C4H7BrO3/c1-7-5-8(3-4-9(7)14(17)18)13-10(15)11(2,16)6-12;1-5-4-6(8)2-3-7(5)9(10)11;1-4(8,2-5)3(6)7/h3-5,16H,6H2,1-2H3,(H,13,15);2-4H,8H2,1H3;8H,2H2,1H3,(H,6,7)/t11-;;4-/m0.0/s1. The van der Waals surface area contributed by atoms with Gasteiger partial charge in [0.15, 0.2) is 5.60 Å². The zero-order chi connectivity index (χ0) is 29.1. The van der Waals surface area contributed by atoms with Crippen LogP contribution in [0, 0.1) is 34.1 Å². The largest absolute Gasteiger partial charge is 0.479 e. The molecular formula is C22H28Br2N4O9. The van der Waals surface area contributed by atoms with Crippen LogP contribution in [-0.2, 0) is 9.59 Å². The van der Waals surface area contributed by atoms with E-state index in [1.165, 1.54) is 44.2 Å². The zero-order valence-electron chi connectivity index (χ0n) is 20.4. The number of carbonyl (C=O) groups excluding carboxylic acids is 1. The highest BCUT2D eigenvalue weighted by Gasteiger charge is 2.29. The molecule has 0 unspecified atom stereocenters. The Morgan fingerprint density at radius 3 is 1.68 bits per heavy atom. The van der Waals surface area contributed by atoms with E-state index in [0.717, 1.165) is 0 Å². The first-order valence-corrected chi connectivity index (χ1v) is 12.5. The lowest BCUT2D eigenvalue weighted by molar-refractivity contribution is -0.385. The van der Waals surface area contributed by atoms with Crippen molar-refractivity contribution in [2.24, 2.45) is 0 Å². The van der Waals surface area contributed by atoms with Gasteiger partial charge in [0.25, 0.3) is 17.3 Å². The molecule has 0 saturated carbocycles. The summed E-state index contributed by atoms with van der Waals surface area (Å²) < 4.78 is 0. The van der Waals surface area contributed by atoms with Crippen LogP contribution < -0.4 is 11.1 Å². The van der Waals surface area contributed by atoms with Gasteiger partial charge in [-0.1, -0.05) is 31.9 Å². The Balaban J connectivity index is 0.000000580. The average molecular weight is 652 g/mol. The Labute approximate surface area is 229 Å². The number of benzene rings is 2. The zero-order valence-corrected chi connectivity index (χ0v) is 23.6. The van der Waals surface area contributed by atoms with Gasteiger partial charge in [-0.25, -0.2) is 4.79 Å². The van der Waals surface area contributed by atoms with Gasteiger partial charge in [0.1, 0.15) is 5.60 Å².